The van der Waals surface area contributed by atoms with E-state index < -0.39 is 0 Å². The number of methoxy groups -OCH3 is 1. The van der Waals surface area contributed by atoms with Gasteiger partial charge in [-0.3, -0.25) is 4.79 Å². The van der Waals surface area contributed by atoms with E-state index in [0.717, 1.165) is 22.4 Å². The molecule has 2 aromatic carbocycles. The Bertz CT molecular complexity index is 1440. The molecule has 6 nitrogen and oxygen atoms in total. The summed E-state index contributed by atoms with van der Waals surface area (Å²) in [5.41, 5.74) is 4.98. The van der Waals surface area contributed by atoms with Gasteiger partial charge in [-0.2, -0.15) is 5.10 Å². The van der Waals surface area contributed by atoms with Gasteiger partial charge >= 0.3 is 0 Å². The first kappa shape index (κ1) is 19.5. The second-order valence-electron chi connectivity index (χ2n) is 7.29. The first-order valence-electron chi connectivity index (χ1n) is 9.84. The van der Waals surface area contributed by atoms with Crippen LogP contribution in [0.2, 0.25) is 5.02 Å². The topological polar surface area (TPSA) is 61.4 Å². The number of aromatic nitrogens is 4. The molecule has 5 rings (SSSR count). The molecule has 3 aromatic heterocycles. The molecular formula is C24H19ClN4O2. The predicted molar refractivity (Wildman–Crippen MR) is 121 cm³/mol. The van der Waals surface area contributed by atoms with Crippen molar-refractivity contribution in [2.45, 2.75) is 13.2 Å². The van der Waals surface area contributed by atoms with Crippen LogP contribution in [0, 0.1) is 0 Å². The molecule has 0 radical (unpaired) electrons. The summed E-state index contributed by atoms with van der Waals surface area (Å²) in [4.78, 5) is 17.8. The van der Waals surface area contributed by atoms with Crippen molar-refractivity contribution in [3.8, 4) is 11.1 Å². The Morgan fingerprint density at radius 2 is 1.81 bits per heavy atom. The number of hydrogen-bond acceptors (Lipinski definition) is 4. The largest absolute Gasteiger partial charge is 0.378 e. The highest BCUT2D eigenvalue weighted by Crippen LogP contribution is 2.29. The Balaban J connectivity index is 1.67. The van der Waals surface area contributed by atoms with Crippen LogP contribution in [0.3, 0.4) is 0 Å². The van der Waals surface area contributed by atoms with Crippen molar-refractivity contribution in [1.82, 2.24) is 19.2 Å². The van der Waals surface area contributed by atoms with Crippen molar-refractivity contribution in [3.05, 3.63) is 99.7 Å². The molecular weight excluding hydrogens is 412 g/mol. The van der Waals surface area contributed by atoms with E-state index in [4.69, 9.17) is 21.4 Å². The molecule has 0 bridgehead atoms. The second kappa shape index (κ2) is 7.98. The molecule has 0 aliphatic heterocycles. The van der Waals surface area contributed by atoms with Gasteiger partial charge < -0.3 is 9.30 Å². The van der Waals surface area contributed by atoms with Crippen molar-refractivity contribution in [2.24, 2.45) is 0 Å². The third kappa shape index (κ3) is 3.50. The molecule has 31 heavy (non-hydrogen) atoms. The van der Waals surface area contributed by atoms with E-state index in [1.54, 1.807) is 28.6 Å². The lowest BCUT2D eigenvalue weighted by Crippen LogP contribution is -2.21. The molecule has 0 amide bonds. The molecule has 5 aromatic rings. The predicted octanol–water partition coefficient (Wildman–Crippen LogP) is 4.56. The normalized spacial score (nSPS) is 11.4. The van der Waals surface area contributed by atoms with Crippen LogP contribution in [0.15, 0.2) is 77.9 Å². The molecule has 0 aliphatic carbocycles. The summed E-state index contributed by atoms with van der Waals surface area (Å²) in [6.07, 6.45) is 3.43. The first-order chi connectivity index (χ1) is 15.2. The molecule has 0 atom stereocenters. The molecule has 154 valence electrons. The van der Waals surface area contributed by atoms with Gasteiger partial charge in [-0.05, 0) is 29.3 Å². The average Bonchev–Trinajstić information content (AvgIpc) is 3.16. The summed E-state index contributed by atoms with van der Waals surface area (Å²) in [5, 5.41) is 5.91. The van der Waals surface area contributed by atoms with Crippen LogP contribution in [0.25, 0.3) is 27.7 Å². The Kier molecular flexibility index (Phi) is 5.02. The minimum atomic E-state index is -0.119. The summed E-state index contributed by atoms with van der Waals surface area (Å²) in [6, 6.07) is 19.3. The molecule has 0 saturated carbocycles. The monoisotopic (exact) mass is 430 g/mol. The number of benzene rings is 2. The average molecular weight is 431 g/mol. The maximum atomic E-state index is 13.2. The van der Waals surface area contributed by atoms with Crippen molar-refractivity contribution in [2.75, 3.05) is 7.11 Å². The third-order valence-electron chi connectivity index (χ3n) is 5.27. The van der Waals surface area contributed by atoms with Gasteiger partial charge in [0.1, 0.15) is 0 Å². The minimum Gasteiger partial charge on any atom is -0.378 e. The van der Waals surface area contributed by atoms with Crippen LogP contribution in [-0.2, 0) is 17.9 Å². The van der Waals surface area contributed by atoms with Gasteiger partial charge in [0.05, 0.1) is 35.3 Å². The van der Waals surface area contributed by atoms with Crippen molar-refractivity contribution in [1.29, 1.82) is 0 Å². The van der Waals surface area contributed by atoms with Gasteiger partial charge in [-0.15, -0.1) is 0 Å². The highest BCUT2D eigenvalue weighted by Gasteiger charge is 2.18. The number of hydrogen-bond donors (Lipinski definition) is 0. The summed E-state index contributed by atoms with van der Waals surface area (Å²) < 4.78 is 8.77. The summed E-state index contributed by atoms with van der Waals surface area (Å²) in [6.45, 7) is 0.802. The number of pyridine rings is 1. The van der Waals surface area contributed by atoms with Crippen molar-refractivity contribution >= 4 is 28.2 Å². The number of fused-ring (bicyclic) bond motifs is 3. The molecule has 0 unspecified atom stereocenters. The van der Waals surface area contributed by atoms with Crippen molar-refractivity contribution < 1.29 is 4.74 Å². The van der Waals surface area contributed by atoms with Gasteiger partial charge in [-0.25, -0.2) is 9.50 Å². The first-order valence-corrected chi connectivity index (χ1v) is 10.2. The SMILES string of the molecule is COCc1nn2c(ncc3c(=O)n(Cc4ccc(Cl)cc4)ccc32)c1-c1ccccc1. The van der Waals surface area contributed by atoms with Crippen LogP contribution >= 0.6 is 11.6 Å². The van der Waals surface area contributed by atoms with Gasteiger partial charge in [0.2, 0.25) is 0 Å². The number of ether oxygens (including phenoxy) is 1. The fourth-order valence-electron chi connectivity index (χ4n) is 3.80. The van der Waals surface area contributed by atoms with Crippen LogP contribution < -0.4 is 5.56 Å². The third-order valence-corrected chi connectivity index (χ3v) is 5.52. The highest BCUT2D eigenvalue weighted by molar-refractivity contribution is 6.30. The van der Waals surface area contributed by atoms with E-state index in [1.807, 2.05) is 60.7 Å². The maximum Gasteiger partial charge on any atom is 0.261 e. The molecule has 0 N–H and O–H groups in total. The van der Waals surface area contributed by atoms with Gasteiger partial charge in [-0.1, -0.05) is 54.1 Å². The zero-order valence-corrected chi connectivity index (χ0v) is 17.6. The Hall–Kier alpha value is -3.48. The molecule has 0 aliphatic rings. The Labute approximate surface area is 183 Å². The van der Waals surface area contributed by atoms with E-state index >= 15 is 0 Å². The molecule has 0 spiro atoms. The van der Waals surface area contributed by atoms with Gasteiger partial charge in [0.15, 0.2) is 5.65 Å². The lowest BCUT2D eigenvalue weighted by Gasteiger charge is -2.08. The van der Waals surface area contributed by atoms with Crippen LogP contribution in [-0.4, -0.2) is 26.3 Å². The summed E-state index contributed by atoms with van der Waals surface area (Å²) >= 11 is 5.97. The van der Waals surface area contributed by atoms with E-state index in [9.17, 15) is 4.79 Å². The minimum absolute atomic E-state index is 0.119. The van der Waals surface area contributed by atoms with E-state index in [1.165, 1.54) is 0 Å². The highest BCUT2D eigenvalue weighted by atomic mass is 35.5. The lowest BCUT2D eigenvalue weighted by molar-refractivity contribution is 0.181. The smallest absolute Gasteiger partial charge is 0.261 e. The Morgan fingerprint density at radius 1 is 1.03 bits per heavy atom. The standard InChI is InChI=1S/C24H19ClN4O2/c1-31-15-20-22(17-5-3-2-4-6-17)23-26-13-19-21(29(23)27-20)11-12-28(24(19)30)14-16-7-9-18(25)10-8-16/h2-13H,14-15H2,1H3. The van der Waals surface area contributed by atoms with E-state index in [0.29, 0.717) is 34.7 Å². The van der Waals surface area contributed by atoms with E-state index in [2.05, 4.69) is 4.98 Å². The lowest BCUT2D eigenvalue weighted by atomic mass is 10.1. The van der Waals surface area contributed by atoms with Crippen LogP contribution in [0.1, 0.15) is 11.3 Å². The summed E-state index contributed by atoms with van der Waals surface area (Å²) in [7, 11) is 1.64. The fourth-order valence-corrected chi connectivity index (χ4v) is 3.93. The zero-order chi connectivity index (χ0) is 21.4. The van der Waals surface area contributed by atoms with Gasteiger partial charge in [0.25, 0.3) is 5.56 Å². The quantitative estimate of drug-likeness (QED) is 0.410. The van der Waals surface area contributed by atoms with Crippen LogP contribution in [0.5, 0.6) is 0 Å². The molecule has 0 saturated heterocycles. The number of rotatable bonds is 5. The maximum absolute atomic E-state index is 13.2. The molecule has 7 heteroatoms. The van der Waals surface area contributed by atoms with Crippen molar-refractivity contribution in [3.63, 3.8) is 0 Å². The van der Waals surface area contributed by atoms with Gasteiger partial charge in [0, 0.05) is 24.5 Å². The fraction of sp³-hybridized carbons (Fsp3) is 0.125. The molecule has 3 heterocycles. The second-order valence-corrected chi connectivity index (χ2v) is 7.72. The number of nitrogens with zero attached hydrogens (tertiary/aromatic N) is 4. The van der Waals surface area contributed by atoms with E-state index in [-0.39, 0.29) is 5.56 Å². The summed E-state index contributed by atoms with van der Waals surface area (Å²) in [5.74, 6) is 0. The zero-order valence-electron chi connectivity index (χ0n) is 16.8. The molecule has 0 fully saturated rings. The van der Waals surface area contributed by atoms with Crippen LogP contribution in [0.4, 0.5) is 0 Å². The number of halogens is 1. The Morgan fingerprint density at radius 3 is 2.55 bits per heavy atom.